The smallest absolute Gasteiger partial charge is 0.387 e. The number of rotatable bonds is 7. The molecule has 0 bridgehead atoms. The van der Waals surface area contributed by atoms with Crippen LogP contribution in [0.3, 0.4) is 0 Å². The molecule has 0 saturated carbocycles. The maximum atomic E-state index is 12.4. The molecule has 2 rings (SSSR count). The number of carbonyl (C=O) groups is 1. The van der Waals surface area contributed by atoms with Crippen LogP contribution in [0.2, 0.25) is 5.02 Å². The minimum atomic E-state index is -3.01. The molecule has 0 saturated heterocycles. The Kier molecular flexibility index (Phi) is 6.41. The molecule has 0 fully saturated rings. The first kappa shape index (κ1) is 18.8. The van der Waals surface area contributed by atoms with Gasteiger partial charge in [-0.1, -0.05) is 17.7 Å². The highest BCUT2D eigenvalue weighted by molar-refractivity contribution is 6.30. The zero-order valence-corrected chi connectivity index (χ0v) is 14.2. The molecule has 0 radical (unpaired) electrons. The van der Waals surface area contributed by atoms with Gasteiger partial charge in [-0.2, -0.15) is 8.78 Å². The van der Waals surface area contributed by atoms with Crippen molar-refractivity contribution < 1.29 is 27.8 Å². The number of halogens is 3. The van der Waals surface area contributed by atoms with Crippen LogP contribution in [-0.4, -0.2) is 25.7 Å². The molecule has 5 nitrogen and oxygen atoms in total. The van der Waals surface area contributed by atoms with Crippen LogP contribution in [0.5, 0.6) is 17.2 Å². The Balaban J connectivity index is 2.06. The topological polar surface area (TPSA) is 56.8 Å². The van der Waals surface area contributed by atoms with E-state index >= 15 is 0 Å². The predicted octanol–water partition coefficient (Wildman–Crippen LogP) is 4.36. The number of hydrogen-bond donors (Lipinski definition) is 1. The van der Waals surface area contributed by atoms with Crippen molar-refractivity contribution in [2.24, 2.45) is 0 Å². The zero-order valence-electron chi connectivity index (χ0n) is 13.5. The van der Waals surface area contributed by atoms with Gasteiger partial charge in [-0.15, -0.1) is 0 Å². The Morgan fingerprint density at radius 3 is 2.52 bits per heavy atom. The van der Waals surface area contributed by atoms with E-state index in [1.54, 1.807) is 31.2 Å². The lowest BCUT2D eigenvalue weighted by molar-refractivity contribution is -0.122. The first-order chi connectivity index (χ1) is 11.9. The van der Waals surface area contributed by atoms with Crippen molar-refractivity contribution in [2.75, 3.05) is 12.4 Å². The largest absolute Gasteiger partial charge is 0.493 e. The summed E-state index contributed by atoms with van der Waals surface area (Å²) in [6.07, 6.45) is -0.833. The summed E-state index contributed by atoms with van der Waals surface area (Å²) in [5.74, 6) is -0.0834. The molecule has 0 aromatic heterocycles. The fraction of sp³-hybridized carbons (Fsp3) is 0.235. The molecule has 2 aromatic carbocycles. The second-order valence-corrected chi connectivity index (χ2v) is 5.39. The van der Waals surface area contributed by atoms with Crippen molar-refractivity contribution in [1.29, 1.82) is 0 Å². The van der Waals surface area contributed by atoms with E-state index in [4.69, 9.17) is 21.1 Å². The molecule has 0 heterocycles. The highest BCUT2D eigenvalue weighted by Gasteiger charge is 2.17. The van der Waals surface area contributed by atoms with Crippen molar-refractivity contribution in [1.82, 2.24) is 0 Å². The number of ether oxygens (including phenoxy) is 3. The van der Waals surface area contributed by atoms with Crippen LogP contribution in [0.25, 0.3) is 0 Å². The van der Waals surface area contributed by atoms with Crippen molar-refractivity contribution in [3.05, 3.63) is 47.5 Å². The molecule has 0 aliphatic carbocycles. The first-order valence-corrected chi connectivity index (χ1v) is 7.62. The van der Waals surface area contributed by atoms with Crippen LogP contribution in [-0.2, 0) is 4.79 Å². The molecular formula is C17H16ClF2NO4. The van der Waals surface area contributed by atoms with Gasteiger partial charge in [-0.3, -0.25) is 4.79 Å². The number of methoxy groups -OCH3 is 1. The molecule has 0 spiro atoms. The minimum Gasteiger partial charge on any atom is -0.493 e. The Bertz CT molecular complexity index is 742. The lowest BCUT2D eigenvalue weighted by Gasteiger charge is -2.16. The molecular weight excluding hydrogens is 356 g/mol. The van der Waals surface area contributed by atoms with E-state index in [1.165, 1.54) is 25.3 Å². The van der Waals surface area contributed by atoms with Crippen molar-refractivity contribution >= 4 is 23.2 Å². The van der Waals surface area contributed by atoms with E-state index in [9.17, 15) is 13.6 Å². The summed E-state index contributed by atoms with van der Waals surface area (Å²) in [7, 11) is 1.33. The third kappa shape index (κ3) is 5.49. The van der Waals surface area contributed by atoms with E-state index < -0.39 is 18.6 Å². The van der Waals surface area contributed by atoms with Gasteiger partial charge in [0.1, 0.15) is 5.75 Å². The second kappa shape index (κ2) is 8.53. The van der Waals surface area contributed by atoms with Gasteiger partial charge in [0.05, 0.1) is 7.11 Å². The summed E-state index contributed by atoms with van der Waals surface area (Å²) in [6.45, 7) is -1.46. The fourth-order valence-electron chi connectivity index (χ4n) is 1.98. The quantitative estimate of drug-likeness (QED) is 0.785. The van der Waals surface area contributed by atoms with Crippen LogP contribution in [0.4, 0.5) is 14.5 Å². The number of amides is 1. The standard InChI is InChI=1S/C17H16ClF2NO4/c1-10(24-13-5-3-4-11(18)8-13)16(22)21-12-6-7-14(23-2)15(9-12)25-17(19)20/h3-10,17H,1-2H3,(H,21,22). The van der Waals surface area contributed by atoms with Crippen LogP contribution in [0, 0.1) is 0 Å². The van der Waals surface area contributed by atoms with Crippen LogP contribution < -0.4 is 19.5 Å². The molecule has 134 valence electrons. The Morgan fingerprint density at radius 1 is 1.12 bits per heavy atom. The van der Waals surface area contributed by atoms with Gasteiger partial charge in [0.25, 0.3) is 5.91 Å². The fourth-order valence-corrected chi connectivity index (χ4v) is 2.16. The lowest BCUT2D eigenvalue weighted by atomic mass is 10.2. The highest BCUT2D eigenvalue weighted by Crippen LogP contribution is 2.31. The number of alkyl halides is 2. The zero-order chi connectivity index (χ0) is 18.4. The lowest BCUT2D eigenvalue weighted by Crippen LogP contribution is -2.30. The summed E-state index contributed by atoms with van der Waals surface area (Å²) in [5, 5.41) is 3.04. The molecule has 2 aromatic rings. The molecule has 1 unspecified atom stereocenters. The summed E-state index contributed by atoms with van der Waals surface area (Å²) in [6, 6.07) is 10.8. The van der Waals surface area contributed by atoms with Crippen molar-refractivity contribution in [3.63, 3.8) is 0 Å². The normalized spacial score (nSPS) is 11.8. The van der Waals surface area contributed by atoms with Gasteiger partial charge in [-0.05, 0) is 37.3 Å². The van der Waals surface area contributed by atoms with Gasteiger partial charge in [-0.25, -0.2) is 0 Å². The number of anilines is 1. The highest BCUT2D eigenvalue weighted by atomic mass is 35.5. The maximum Gasteiger partial charge on any atom is 0.387 e. The average molecular weight is 372 g/mol. The van der Waals surface area contributed by atoms with Crippen LogP contribution in [0.15, 0.2) is 42.5 Å². The molecule has 1 amide bonds. The van der Waals surface area contributed by atoms with E-state index in [2.05, 4.69) is 10.1 Å². The Morgan fingerprint density at radius 2 is 1.88 bits per heavy atom. The number of benzene rings is 2. The van der Waals surface area contributed by atoms with E-state index in [0.29, 0.717) is 10.8 Å². The molecule has 8 heteroatoms. The van der Waals surface area contributed by atoms with Crippen molar-refractivity contribution in [3.8, 4) is 17.2 Å². The molecule has 1 atom stereocenters. The van der Waals surface area contributed by atoms with Gasteiger partial charge in [0.15, 0.2) is 17.6 Å². The van der Waals surface area contributed by atoms with Gasteiger partial charge in [0, 0.05) is 16.8 Å². The van der Waals surface area contributed by atoms with Gasteiger partial charge < -0.3 is 19.5 Å². The SMILES string of the molecule is COc1ccc(NC(=O)C(C)Oc2cccc(Cl)c2)cc1OC(F)F. The van der Waals surface area contributed by atoms with E-state index in [-0.39, 0.29) is 17.2 Å². The van der Waals surface area contributed by atoms with E-state index in [1.807, 2.05) is 0 Å². The molecule has 1 N–H and O–H groups in total. The number of nitrogens with one attached hydrogen (secondary N) is 1. The second-order valence-electron chi connectivity index (χ2n) is 4.95. The third-order valence-electron chi connectivity index (χ3n) is 3.13. The summed E-state index contributed by atoms with van der Waals surface area (Å²) >= 11 is 5.86. The van der Waals surface area contributed by atoms with Crippen LogP contribution >= 0.6 is 11.6 Å². The van der Waals surface area contributed by atoms with Crippen molar-refractivity contribution in [2.45, 2.75) is 19.6 Å². The Labute approximate surface area is 148 Å². The molecule has 0 aliphatic rings. The molecule has 25 heavy (non-hydrogen) atoms. The summed E-state index contributed by atoms with van der Waals surface area (Å²) in [5.41, 5.74) is 0.267. The number of hydrogen-bond acceptors (Lipinski definition) is 4. The first-order valence-electron chi connectivity index (χ1n) is 7.25. The molecule has 0 aliphatic heterocycles. The monoisotopic (exact) mass is 371 g/mol. The van der Waals surface area contributed by atoms with Crippen LogP contribution in [0.1, 0.15) is 6.92 Å². The average Bonchev–Trinajstić information content (AvgIpc) is 2.54. The Hall–Kier alpha value is -2.54. The maximum absolute atomic E-state index is 12.4. The summed E-state index contributed by atoms with van der Waals surface area (Å²) < 4.78 is 39.7. The minimum absolute atomic E-state index is 0.126. The predicted molar refractivity (Wildman–Crippen MR) is 89.8 cm³/mol. The third-order valence-corrected chi connectivity index (χ3v) is 3.36. The van der Waals surface area contributed by atoms with Gasteiger partial charge >= 0.3 is 6.61 Å². The summed E-state index contributed by atoms with van der Waals surface area (Å²) in [4.78, 5) is 12.2. The van der Waals surface area contributed by atoms with E-state index in [0.717, 1.165) is 0 Å². The number of carbonyl (C=O) groups excluding carboxylic acids is 1. The van der Waals surface area contributed by atoms with Gasteiger partial charge in [0.2, 0.25) is 0 Å².